The van der Waals surface area contributed by atoms with Crippen molar-refractivity contribution in [1.29, 1.82) is 0 Å². The molecular formula is C26H23ClN2O4S. The summed E-state index contributed by atoms with van der Waals surface area (Å²) in [5.74, 6) is 0.0814. The summed E-state index contributed by atoms with van der Waals surface area (Å²) < 4.78 is 12.8. The highest BCUT2D eigenvalue weighted by atomic mass is 35.5. The first-order valence-corrected chi connectivity index (χ1v) is 11.9. The SMILES string of the molecule is C=CCOc1ccc(Cl)cc1/C=c1/sc2n(c1=O)[C@H](c1ccccc1)C(C(=O)OC)=C(CC)N=2. The second-order valence-electron chi connectivity index (χ2n) is 7.48. The predicted molar refractivity (Wildman–Crippen MR) is 134 cm³/mol. The predicted octanol–water partition coefficient (Wildman–Crippen LogP) is 4.02. The van der Waals surface area contributed by atoms with Gasteiger partial charge in [0.1, 0.15) is 12.4 Å². The van der Waals surface area contributed by atoms with Gasteiger partial charge in [0.05, 0.1) is 29.0 Å². The number of thiazole rings is 1. The molecule has 8 heteroatoms. The summed E-state index contributed by atoms with van der Waals surface area (Å²) >= 11 is 7.47. The minimum Gasteiger partial charge on any atom is -0.489 e. The second-order valence-corrected chi connectivity index (χ2v) is 8.93. The first kappa shape index (κ1) is 23.7. The van der Waals surface area contributed by atoms with E-state index in [4.69, 9.17) is 21.1 Å². The summed E-state index contributed by atoms with van der Waals surface area (Å²) in [6, 6.07) is 14.0. The fourth-order valence-electron chi connectivity index (χ4n) is 3.87. The summed E-state index contributed by atoms with van der Waals surface area (Å²) in [4.78, 5) is 31.7. The van der Waals surface area contributed by atoms with Gasteiger partial charge < -0.3 is 9.47 Å². The van der Waals surface area contributed by atoms with Gasteiger partial charge in [0, 0.05) is 10.6 Å². The number of methoxy groups -OCH3 is 1. The molecule has 0 N–H and O–H groups in total. The number of hydrogen-bond donors (Lipinski definition) is 0. The number of esters is 1. The van der Waals surface area contributed by atoms with Gasteiger partial charge in [0.25, 0.3) is 5.56 Å². The highest BCUT2D eigenvalue weighted by Crippen LogP contribution is 2.31. The van der Waals surface area contributed by atoms with Gasteiger partial charge >= 0.3 is 5.97 Å². The molecular weight excluding hydrogens is 472 g/mol. The Balaban J connectivity index is 1.97. The van der Waals surface area contributed by atoms with Crippen molar-refractivity contribution in [2.24, 2.45) is 4.99 Å². The van der Waals surface area contributed by atoms with Gasteiger partial charge in [-0.3, -0.25) is 9.36 Å². The third kappa shape index (κ3) is 4.49. The maximum Gasteiger partial charge on any atom is 0.338 e. The minimum absolute atomic E-state index is 0.260. The molecule has 2 heterocycles. The van der Waals surface area contributed by atoms with Crippen LogP contribution >= 0.6 is 22.9 Å². The molecule has 0 spiro atoms. The summed E-state index contributed by atoms with van der Waals surface area (Å²) in [5.41, 5.74) is 2.18. The van der Waals surface area contributed by atoms with Crippen molar-refractivity contribution >= 4 is 35.0 Å². The van der Waals surface area contributed by atoms with Gasteiger partial charge in [-0.15, -0.1) is 0 Å². The molecule has 34 heavy (non-hydrogen) atoms. The van der Waals surface area contributed by atoms with Crippen molar-refractivity contribution in [3.8, 4) is 5.75 Å². The number of halogens is 1. The van der Waals surface area contributed by atoms with Gasteiger partial charge in [0.15, 0.2) is 4.80 Å². The summed E-state index contributed by atoms with van der Waals surface area (Å²) in [7, 11) is 1.33. The summed E-state index contributed by atoms with van der Waals surface area (Å²) in [6.45, 7) is 5.92. The van der Waals surface area contributed by atoms with Crippen LogP contribution in [0.1, 0.15) is 30.5 Å². The number of ether oxygens (including phenoxy) is 2. The minimum atomic E-state index is -0.641. The molecule has 6 nitrogen and oxygen atoms in total. The van der Waals surface area contributed by atoms with Gasteiger partial charge in [-0.2, -0.15) is 0 Å². The van der Waals surface area contributed by atoms with E-state index in [0.717, 1.165) is 5.56 Å². The Labute approximate surface area is 205 Å². The number of fused-ring (bicyclic) bond motifs is 1. The summed E-state index contributed by atoms with van der Waals surface area (Å²) in [6.07, 6.45) is 3.91. The maximum atomic E-state index is 13.7. The normalized spacial score (nSPS) is 15.5. The molecule has 0 aliphatic carbocycles. The lowest BCUT2D eigenvalue weighted by Crippen LogP contribution is -2.40. The highest BCUT2D eigenvalue weighted by Gasteiger charge is 2.33. The fraction of sp³-hybridized carbons (Fsp3) is 0.192. The highest BCUT2D eigenvalue weighted by molar-refractivity contribution is 7.07. The third-order valence-electron chi connectivity index (χ3n) is 5.38. The molecule has 0 saturated heterocycles. The van der Waals surface area contributed by atoms with E-state index in [9.17, 15) is 9.59 Å². The molecule has 0 radical (unpaired) electrons. The topological polar surface area (TPSA) is 69.9 Å². The number of aromatic nitrogens is 1. The van der Waals surface area contributed by atoms with E-state index < -0.39 is 12.0 Å². The van der Waals surface area contributed by atoms with Crippen molar-refractivity contribution < 1.29 is 14.3 Å². The first-order chi connectivity index (χ1) is 16.5. The van der Waals surface area contributed by atoms with Crippen LogP contribution in [0.15, 0.2) is 82.2 Å². The van der Waals surface area contributed by atoms with Gasteiger partial charge in [-0.05, 0) is 36.3 Å². The molecule has 0 bridgehead atoms. The number of hydrogen-bond acceptors (Lipinski definition) is 6. The lowest BCUT2D eigenvalue weighted by atomic mass is 9.95. The van der Waals surface area contributed by atoms with Crippen LogP contribution in [0.2, 0.25) is 5.02 Å². The molecule has 2 aromatic carbocycles. The molecule has 0 saturated carbocycles. The zero-order chi connectivity index (χ0) is 24.2. The molecule has 3 aromatic rings. The second kappa shape index (κ2) is 10.2. The standard InChI is InChI=1S/C26H23ClN2O4S/c1-4-13-33-20-12-11-18(27)14-17(20)15-21-24(30)29-23(16-9-7-6-8-10-16)22(25(31)32-3)19(5-2)28-26(29)34-21/h4,6-12,14-15,23H,1,5,13H2,2-3H3/b21-15+/t23-/m1/s1. The maximum absolute atomic E-state index is 13.7. The van der Waals surface area contributed by atoms with E-state index >= 15 is 0 Å². The Morgan fingerprint density at radius 1 is 1.26 bits per heavy atom. The molecule has 0 amide bonds. The molecule has 1 atom stereocenters. The largest absolute Gasteiger partial charge is 0.489 e. The van der Waals surface area contributed by atoms with E-state index in [0.29, 0.717) is 50.0 Å². The van der Waals surface area contributed by atoms with Gasteiger partial charge in [-0.1, -0.05) is 72.8 Å². The first-order valence-electron chi connectivity index (χ1n) is 10.7. The Bertz CT molecular complexity index is 1450. The van der Waals surface area contributed by atoms with Crippen LogP contribution in [0.3, 0.4) is 0 Å². The lowest BCUT2D eigenvalue weighted by molar-refractivity contribution is -0.136. The molecule has 1 aliphatic heterocycles. The Morgan fingerprint density at radius 2 is 2.03 bits per heavy atom. The Morgan fingerprint density at radius 3 is 2.71 bits per heavy atom. The van der Waals surface area contributed by atoms with Crippen LogP contribution in [0.25, 0.3) is 6.08 Å². The third-order valence-corrected chi connectivity index (χ3v) is 6.60. The number of carbonyl (C=O) groups is 1. The van der Waals surface area contributed by atoms with Crippen molar-refractivity contribution in [3.05, 3.63) is 108 Å². The molecule has 1 aromatic heterocycles. The zero-order valence-corrected chi connectivity index (χ0v) is 20.4. The fourth-order valence-corrected chi connectivity index (χ4v) is 5.06. The smallest absolute Gasteiger partial charge is 0.338 e. The van der Waals surface area contributed by atoms with Crippen molar-refractivity contribution in [3.63, 3.8) is 0 Å². The van der Waals surface area contributed by atoms with Crippen molar-refractivity contribution in [2.75, 3.05) is 13.7 Å². The Hall–Kier alpha value is -3.42. The van der Waals surface area contributed by atoms with Crippen LogP contribution < -0.4 is 19.6 Å². The Kier molecular flexibility index (Phi) is 7.14. The average molecular weight is 495 g/mol. The van der Waals surface area contributed by atoms with Crippen LogP contribution in [0, 0.1) is 0 Å². The quantitative estimate of drug-likeness (QED) is 0.367. The van der Waals surface area contributed by atoms with Crippen LogP contribution in [-0.2, 0) is 9.53 Å². The van der Waals surface area contributed by atoms with Crippen LogP contribution in [0.4, 0.5) is 0 Å². The molecule has 4 rings (SSSR count). The number of rotatable bonds is 7. The monoisotopic (exact) mass is 494 g/mol. The van der Waals surface area contributed by atoms with Gasteiger partial charge in [-0.25, -0.2) is 9.79 Å². The lowest BCUT2D eigenvalue weighted by Gasteiger charge is -2.25. The van der Waals surface area contributed by atoms with E-state index in [1.165, 1.54) is 18.4 Å². The van der Waals surface area contributed by atoms with Crippen molar-refractivity contribution in [1.82, 2.24) is 4.57 Å². The van der Waals surface area contributed by atoms with E-state index in [1.54, 1.807) is 34.9 Å². The van der Waals surface area contributed by atoms with Crippen LogP contribution in [0.5, 0.6) is 5.75 Å². The number of carbonyl (C=O) groups excluding carboxylic acids is 1. The number of allylic oxidation sites excluding steroid dienone is 1. The average Bonchev–Trinajstić information content (AvgIpc) is 3.17. The summed E-state index contributed by atoms with van der Waals surface area (Å²) in [5, 5.41) is 0.522. The molecule has 174 valence electrons. The number of benzene rings is 2. The van der Waals surface area contributed by atoms with E-state index in [-0.39, 0.29) is 5.56 Å². The molecule has 0 fully saturated rings. The van der Waals surface area contributed by atoms with E-state index in [2.05, 4.69) is 11.6 Å². The molecule has 0 unspecified atom stereocenters. The van der Waals surface area contributed by atoms with Crippen LogP contribution in [-0.4, -0.2) is 24.3 Å². The van der Waals surface area contributed by atoms with Gasteiger partial charge in [0.2, 0.25) is 0 Å². The van der Waals surface area contributed by atoms with E-state index in [1.807, 2.05) is 37.3 Å². The zero-order valence-electron chi connectivity index (χ0n) is 18.8. The van der Waals surface area contributed by atoms with Crippen molar-refractivity contribution in [2.45, 2.75) is 19.4 Å². The molecule has 1 aliphatic rings. The number of nitrogens with zero attached hydrogens (tertiary/aromatic N) is 2.